The lowest BCUT2D eigenvalue weighted by Crippen LogP contribution is -1.96. The van der Waals surface area contributed by atoms with E-state index in [2.05, 4.69) is 10.3 Å². The number of hydrogen-bond acceptors (Lipinski definition) is 4. The first-order chi connectivity index (χ1) is 8.74. The fraction of sp³-hybridized carbons (Fsp3) is 0. The summed E-state index contributed by atoms with van der Waals surface area (Å²) in [5.41, 5.74) is 7.88. The summed E-state index contributed by atoms with van der Waals surface area (Å²) in [5.74, 6) is 0. The number of nitrogens with zero attached hydrogens (tertiary/aromatic N) is 3. The number of halogens is 1. The molecular formula is C12H9ClN4S. The summed E-state index contributed by atoms with van der Waals surface area (Å²) in [6, 6.07) is 9.29. The van der Waals surface area contributed by atoms with Gasteiger partial charge in [0, 0.05) is 5.69 Å². The van der Waals surface area contributed by atoms with Gasteiger partial charge in [-0.25, -0.2) is 4.68 Å². The van der Waals surface area contributed by atoms with Crippen molar-refractivity contribution in [1.29, 1.82) is 0 Å². The second-order valence-corrected chi connectivity index (χ2v) is 5.09. The van der Waals surface area contributed by atoms with Crippen molar-refractivity contribution in [3.05, 3.63) is 46.9 Å². The van der Waals surface area contributed by atoms with Crippen molar-refractivity contribution in [2.45, 2.75) is 0 Å². The van der Waals surface area contributed by atoms with Gasteiger partial charge in [-0.05, 0) is 29.6 Å². The third-order valence-corrected chi connectivity index (χ3v) is 3.68. The van der Waals surface area contributed by atoms with Crippen LogP contribution in [-0.2, 0) is 0 Å². The van der Waals surface area contributed by atoms with Crippen LogP contribution in [0.3, 0.4) is 0 Å². The zero-order valence-corrected chi connectivity index (χ0v) is 10.8. The number of nitrogen functional groups attached to an aromatic ring is 1. The van der Waals surface area contributed by atoms with Crippen LogP contribution in [-0.4, -0.2) is 15.0 Å². The van der Waals surface area contributed by atoms with E-state index in [1.807, 2.05) is 29.8 Å². The number of nitrogens with two attached hydrogens (primary N) is 1. The van der Waals surface area contributed by atoms with Crippen LogP contribution in [0.4, 0.5) is 5.69 Å². The summed E-state index contributed by atoms with van der Waals surface area (Å²) in [4.78, 5) is 1.08. The van der Waals surface area contributed by atoms with Crippen molar-refractivity contribution in [2.24, 2.45) is 0 Å². The Kier molecular flexibility index (Phi) is 2.77. The molecule has 0 bridgehead atoms. The van der Waals surface area contributed by atoms with E-state index in [0.29, 0.717) is 10.7 Å². The molecule has 2 N–H and O–H groups in total. The van der Waals surface area contributed by atoms with Crippen LogP contribution in [0.15, 0.2) is 41.9 Å². The standard InChI is InChI=1S/C12H9ClN4S/c13-9-6-8(14)3-4-11(9)17-7-10(15-16-17)12-2-1-5-18-12/h1-7H,14H2. The molecular weight excluding hydrogens is 268 g/mol. The predicted octanol–water partition coefficient (Wildman–Crippen LogP) is 3.23. The molecule has 18 heavy (non-hydrogen) atoms. The molecule has 3 aromatic rings. The molecule has 0 radical (unpaired) electrons. The average Bonchev–Trinajstić information content (AvgIpc) is 2.99. The Hall–Kier alpha value is -1.85. The molecule has 90 valence electrons. The van der Waals surface area contributed by atoms with Crippen molar-refractivity contribution in [1.82, 2.24) is 15.0 Å². The molecule has 0 amide bonds. The number of rotatable bonds is 2. The average molecular weight is 277 g/mol. The van der Waals surface area contributed by atoms with E-state index in [4.69, 9.17) is 17.3 Å². The van der Waals surface area contributed by atoms with E-state index in [0.717, 1.165) is 16.3 Å². The minimum absolute atomic E-state index is 0.553. The van der Waals surface area contributed by atoms with Gasteiger partial charge in [0.2, 0.25) is 0 Å². The van der Waals surface area contributed by atoms with Crippen LogP contribution in [0, 0.1) is 0 Å². The van der Waals surface area contributed by atoms with E-state index in [1.165, 1.54) is 0 Å². The highest BCUT2D eigenvalue weighted by molar-refractivity contribution is 7.13. The highest BCUT2D eigenvalue weighted by Gasteiger charge is 2.08. The minimum atomic E-state index is 0.553. The van der Waals surface area contributed by atoms with Crippen molar-refractivity contribution in [2.75, 3.05) is 5.73 Å². The van der Waals surface area contributed by atoms with Crippen molar-refractivity contribution >= 4 is 28.6 Å². The molecule has 0 fully saturated rings. The lowest BCUT2D eigenvalue weighted by Gasteiger charge is -2.03. The summed E-state index contributed by atoms with van der Waals surface area (Å²) in [5, 5.41) is 10.8. The van der Waals surface area contributed by atoms with Gasteiger partial charge in [0.25, 0.3) is 0 Å². The molecule has 0 spiro atoms. The van der Waals surface area contributed by atoms with E-state index < -0.39 is 0 Å². The van der Waals surface area contributed by atoms with Gasteiger partial charge >= 0.3 is 0 Å². The van der Waals surface area contributed by atoms with Gasteiger partial charge in [0.05, 0.1) is 21.8 Å². The Balaban J connectivity index is 2.03. The Bertz CT molecular complexity index is 675. The van der Waals surface area contributed by atoms with Crippen LogP contribution < -0.4 is 5.73 Å². The first-order valence-electron chi connectivity index (χ1n) is 5.25. The fourth-order valence-electron chi connectivity index (χ4n) is 1.63. The van der Waals surface area contributed by atoms with Gasteiger partial charge in [-0.2, -0.15) is 0 Å². The predicted molar refractivity (Wildman–Crippen MR) is 74.1 cm³/mol. The summed E-state index contributed by atoms with van der Waals surface area (Å²) in [6.45, 7) is 0. The molecule has 3 rings (SSSR count). The smallest absolute Gasteiger partial charge is 0.123 e. The maximum atomic E-state index is 6.13. The Morgan fingerprint density at radius 1 is 1.28 bits per heavy atom. The van der Waals surface area contributed by atoms with Crippen molar-refractivity contribution in [3.63, 3.8) is 0 Å². The lowest BCUT2D eigenvalue weighted by molar-refractivity contribution is 0.804. The summed E-state index contributed by atoms with van der Waals surface area (Å²) < 4.78 is 1.65. The zero-order chi connectivity index (χ0) is 12.5. The summed E-state index contributed by atoms with van der Waals surface area (Å²) >= 11 is 7.75. The van der Waals surface area contributed by atoms with Gasteiger partial charge < -0.3 is 5.73 Å². The van der Waals surface area contributed by atoms with Crippen molar-refractivity contribution < 1.29 is 0 Å². The zero-order valence-electron chi connectivity index (χ0n) is 9.25. The normalized spacial score (nSPS) is 10.7. The summed E-state index contributed by atoms with van der Waals surface area (Å²) in [6.07, 6.45) is 1.85. The number of hydrogen-bond donors (Lipinski definition) is 1. The number of thiophene rings is 1. The molecule has 4 nitrogen and oxygen atoms in total. The van der Waals surface area contributed by atoms with Crippen LogP contribution >= 0.6 is 22.9 Å². The van der Waals surface area contributed by atoms with Crippen molar-refractivity contribution in [3.8, 4) is 16.3 Å². The molecule has 1 aromatic carbocycles. The van der Waals surface area contributed by atoms with Gasteiger partial charge in [-0.15, -0.1) is 16.4 Å². The van der Waals surface area contributed by atoms with Gasteiger partial charge in [0.15, 0.2) is 0 Å². The molecule has 2 aromatic heterocycles. The highest BCUT2D eigenvalue weighted by atomic mass is 35.5. The van der Waals surface area contributed by atoms with Crippen LogP contribution in [0.2, 0.25) is 5.02 Å². The molecule has 0 saturated carbocycles. The maximum absolute atomic E-state index is 6.13. The first kappa shape index (κ1) is 11.3. The monoisotopic (exact) mass is 276 g/mol. The topological polar surface area (TPSA) is 56.7 Å². The highest BCUT2D eigenvalue weighted by Crippen LogP contribution is 2.26. The summed E-state index contributed by atoms with van der Waals surface area (Å²) in [7, 11) is 0. The minimum Gasteiger partial charge on any atom is -0.399 e. The Morgan fingerprint density at radius 2 is 2.17 bits per heavy atom. The first-order valence-corrected chi connectivity index (χ1v) is 6.51. The molecule has 0 atom stereocenters. The van der Waals surface area contributed by atoms with Crippen LogP contribution in [0.1, 0.15) is 0 Å². The number of aromatic nitrogens is 3. The Labute approximate surface area is 113 Å². The van der Waals surface area contributed by atoms with Gasteiger partial charge in [-0.1, -0.05) is 22.9 Å². The molecule has 0 unspecified atom stereocenters. The van der Waals surface area contributed by atoms with Crippen LogP contribution in [0.5, 0.6) is 0 Å². The van der Waals surface area contributed by atoms with Crippen LogP contribution in [0.25, 0.3) is 16.3 Å². The second kappa shape index (κ2) is 4.44. The third-order valence-electron chi connectivity index (χ3n) is 2.49. The molecule has 0 aliphatic heterocycles. The van der Waals surface area contributed by atoms with E-state index in [9.17, 15) is 0 Å². The van der Waals surface area contributed by atoms with E-state index in [1.54, 1.807) is 28.2 Å². The molecule has 6 heteroatoms. The van der Waals surface area contributed by atoms with E-state index in [-0.39, 0.29) is 0 Å². The quantitative estimate of drug-likeness (QED) is 0.731. The lowest BCUT2D eigenvalue weighted by atomic mass is 10.3. The largest absolute Gasteiger partial charge is 0.399 e. The third kappa shape index (κ3) is 1.98. The fourth-order valence-corrected chi connectivity index (χ4v) is 2.58. The van der Waals surface area contributed by atoms with E-state index >= 15 is 0 Å². The number of benzene rings is 1. The second-order valence-electron chi connectivity index (χ2n) is 3.74. The van der Waals surface area contributed by atoms with Gasteiger partial charge in [0.1, 0.15) is 5.69 Å². The SMILES string of the molecule is Nc1ccc(-n2cc(-c3cccs3)nn2)c(Cl)c1. The Morgan fingerprint density at radius 3 is 2.89 bits per heavy atom. The maximum Gasteiger partial charge on any atom is 0.123 e. The molecule has 0 aliphatic rings. The molecule has 0 saturated heterocycles. The molecule has 2 heterocycles. The van der Waals surface area contributed by atoms with Gasteiger partial charge in [-0.3, -0.25) is 0 Å². The number of anilines is 1. The molecule has 0 aliphatic carbocycles.